The number of hydrogen-bond acceptors (Lipinski definition) is 3. The minimum Gasteiger partial charge on any atom is -0.299 e. The Hall–Kier alpha value is -1.91. The van der Waals surface area contributed by atoms with E-state index in [-0.39, 0.29) is 5.91 Å². The molecule has 3 rings (SSSR count). The number of carbonyl (C=O) groups is 1. The standard InChI is InChI=1S/C11H12N4O/c1-8-5-12-9-6-13-10(7-15(8)9)14-4-2-3-11(14)16/h5-7H,2-4H2,1H3. The molecule has 0 unspecified atom stereocenters. The monoisotopic (exact) mass is 216 g/mol. The van der Waals surface area contributed by atoms with E-state index in [1.165, 1.54) is 0 Å². The molecule has 0 saturated carbocycles. The van der Waals surface area contributed by atoms with Crippen molar-refractivity contribution < 1.29 is 4.79 Å². The third-order valence-corrected chi connectivity index (χ3v) is 2.92. The van der Waals surface area contributed by atoms with Gasteiger partial charge >= 0.3 is 0 Å². The number of imidazole rings is 1. The highest BCUT2D eigenvalue weighted by atomic mass is 16.2. The zero-order chi connectivity index (χ0) is 11.1. The maximum absolute atomic E-state index is 11.6. The molecule has 2 aromatic rings. The van der Waals surface area contributed by atoms with Crippen molar-refractivity contribution >= 4 is 17.4 Å². The molecule has 0 bridgehead atoms. The molecule has 1 fully saturated rings. The molecule has 5 nitrogen and oxygen atoms in total. The molecule has 0 atom stereocenters. The van der Waals surface area contributed by atoms with Crippen LogP contribution < -0.4 is 4.90 Å². The second-order valence-corrected chi connectivity index (χ2v) is 4.02. The van der Waals surface area contributed by atoms with Crippen LogP contribution in [0.5, 0.6) is 0 Å². The fourth-order valence-corrected chi connectivity index (χ4v) is 2.03. The summed E-state index contributed by atoms with van der Waals surface area (Å²) in [5.41, 5.74) is 1.86. The lowest BCUT2D eigenvalue weighted by Gasteiger charge is -2.14. The SMILES string of the molecule is Cc1cnc2cnc(N3CCCC3=O)cn12. The molecule has 2 aromatic heterocycles. The van der Waals surface area contributed by atoms with E-state index < -0.39 is 0 Å². The van der Waals surface area contributed by atoms with Crippen LogP contribution in [0.4, 0.5) is 5.82 Å². The molecule has 0 spiro atoms. The molecule has 1 amide bonds. The molecule has 1 aliphatic heterocycles. The van der Waals surface area contributed by atoms with Gasteiger partial charge in [-0.2, -0.15) is 0 Å². The number of aryl methyl sites for hydroxylation is 1. The summed E-state index contributed by atoms with van der Waals surface area (Å²) in [4.78, 5) is 21.8. The van der Waals surface area contributed by atoms with Crippen LogP contribution in [0.15, 0.2) is 18.6 Å². The van der Waals surface area contributed by atoms with Gasteiger partial charge in [-0.3, -0.25) is 14.1 Å². The Labute approximate surface area is 92.7 Å². The quantitative estimate of drug-likeness (QED) is 0.718. The minimum absolute atomic E-state index is 0.157. The van der Waals surface area contributed by atoms with Gasteiger partial charge in [0.05, 0.1) is 12.4 Å². The smallest absolute Gasteiger partial charge is 0.228 e. The van der Waals surface area contributed by atoms with Crippen LogP contribution in [-0.4, -0.2) is 26.8 Å². The topological polar surface area (TPSA) is 50.5 Å². The van der Waals surface area contributed by atoms with Crippen molar-refractivity contribution in [2.45, 2.75) is 19.8 Å². The van der Waals surface area contributed by atoms with Crippen LogP contribution in [0.25, 0.3) is 5.65 Å². The largest absolute Gasteiger partial charge is 0.299 e. The van der Waals surface area contributed by atoms with E-state index in [4.69, 9.17) is 0 Å². The van der Waals surface area contributed by atoms with E-state index in [0.29, 0.717) is 6.42 Å². The van der Waals surface area contributed by atoms with E-state index in [1.54, 1.807) is 17.3 Å². The molecule has 0 aromatic carbocycles. The van der Waals surface area contributed by atoms with Crippen molar-refractivity contribution in [2.24, 2.45) is 0 Å². The Bertz CT molecular complexity index is 560. The van der Waals surface area contributed by atoms with Gasteiger partial charge in [0.15, 0.2) is 11.5 Å². The number of fused-ring (bicyclic) bond motifs is 1. The zero-order valence-corrected chi connectivity index (χ0v) is 9.05. The van der Waals surface area contributed by atoms with Crippen molar-refractivity contribution in [1.29, 1.82) is 0 Å². The Morgan fingerprint density at radius 2 is 2.19 bits per heavy atom. The van der Waals surface area contributed by atoms with E-state index in [0.717, 1.165) is 30.1 Å². The second-order valence-electron chi connectivity index (χ2n) is 4.02. The van der Waals surface area contributed by atoms with Gasteiger partial charge < -0.3 is 0 Å². The number of nitrogens with zero attached hydrogens (tertiary/aromatic N) is 4. The van der Waals surface area contributed by atoms with Crippen LogP contribution in [0.3, 0.4) is 0 Å². The van der Waals surface area contributed by atoms with Crippen LogP contribution in [0, 0.1) is 6.92 Å². The molecule has 1 aliphatic rings. The van der Waals surface area contributed by atoms with Crippen molar-refractivity contribution in [3.8, 4) is 0 Å². The number of hydrogen-bond donors (Lipinski definition) is 0. The first-order chi connectivity index (χ1) is 7.75. The fraction of sp³-hybridized carbons (Fsp3) is 0.364. The summed E-state index contributed by atoms with van der Waals surface area (Å²) in [7, 11) is 0. The summed E-state index contributed by atoms with van der Waals surface area (Å²) < 4.78 is 1.95. The lowest BCUT2D eigenvalue weighted by molar-refractivity contribution is -0.117. The summed E-state index contributed by atoms with van der Waals surface area (Å²) in [5.74, 6) is 0.876. The average molecular weight is 216 g/mol. The molecule has 5 heteroatoms. The molecule has 0 aliphatic carbocycles. The second kappa shape index (κ2) is 3.30. The number of rotatable bonds is 1. The molecule has 1 saturated heterocycles. The Morgan fingerprint density at radius 3 is 2.94 bits per heavy atom. The van der Waals surface area contributed by atoms with E-state index >= 15 is 0 Å². The highest BCUT2D eigenvalue weighted by molar-refractivity contribution is 5.94. The van der Waals surface area contributed by atoms with Crippen molar-refractivity contribution in [2.75, 3.05) is 11.4 Å². The average Bonchev–Trinajstić information content (AvgIpc) is 2.86. The molecule has 82 valence electrons. The van der Waals surface area contributed by atoms with Crippen molar-refractivity contribution in [1.82, 2.24) is 14.4 Å². The van der Waals surface area contributed by atoms with Gasteiger partial charge in [0, 0.05) is 24.9 Å². The van der Waals surface area contributed by atoms with E-state index in [9.17, 15) is 4.79 Å². The van der Waals surface area contributed by atoms with Gasteiger partial charge in [-0.25, -0.2) is 9.97 Å². The molecular weight excluding hydrogens is 204 g/mol. The zero-order valence-electron chi connectivity index (χ0n) is 9.05. The van der Waals surface area contributed by atoms with Crippen LogP contribution in [-0.2, 0) is 4.79 Å². The molecular formula is C11H12N4O. The number of aromatic nitrogens is 3. The highest BCUT2D eigenvalue weighted by Gasteiger charge is 2.23. The Morgan fingerprint density at radius 1 is 1.31 bits per heavy atom. The van der Waals surface area contributed by atoms with E-state index in [1.807, 2.05) is 17.5 Å². The first-order valence-corrected chi connectivity index (χ1v) is 5.36. The van der Waals surface area contributed by atoms with Gasteiger partial charge in [-0.1, -0.05) is 0 Å². The van der Waals surface area contributed by atoms with Crippen LogP contribution >= 0.6 is 0 Å². The normalized spacial score (nSPS) is 16.3. The predicted octanol–water partition coefficient (Wildman–Crippen LogP) is 1.16. The predicted molar refractivity (Wildman–Crippen MR) is 59.3 cm³/mol. The van der Waals surface area contributed by atoms with Crippen LogP contribution in [0.2, 0.25) is 0 Å². The third-order valence-electron chi connectivity index (χ3n) is 2.92. The number of anilines is 1. The summed E-state index contributed by atoms with van der Waals surface area (Å²) in [5, 5.41) is 0. The van der Waals surface area contributed by atoms with Gasteiger partial charge in [0.1, 0.15) is 0 Å². The van der Waals surface area contributed by atoms with E-state index in [2.05, 4.69) is 9.97 Å². The molecule has 0 radical (unpaired) electrons. The first-order valence-electron chi connectivity index (χ1n) is 5.36. The fourth-order valence-electron chi connectivity index (χ4n) is 2.03. The minimum atomic E-state index is 0.157. The number of carbonyl (C=O) groups excluding carboxylic acids is 1. The molecule has 16 heavy (non-hydrogen) atoms. The lowest BCUT2D eigenvalue weighted by Crippen LogP contribution is -2.25. The van der Waals surface area contributed by atoms with Gasteiger partial charge in [0.25, 0.3) is 0 Å². The maximum atomic E-state index is 11.6. The third kappa shape index (κ3) is 1.28. The van der Waals surface area contributed by atoms with Gasteiger partial charge in [-0.15, -0.1) is 0 Å². The summed E-state index contributed by atoms with van der Waals surface area (Å²) >= 11 is 0. The Balaban J connectivity index is 2.10. The lowest BCUT2D eigenvalue weighted by atomic mass is 10.4. The van der Waals surface area contributed by atoms with Crippen molar-refractivity contribution in [3.63, 3.8) is 0 Å². The first kappa shape index (κ1) is 9.33. The maximum Gasteiger partial charge on any atom is 0.228 e. The summed E-state index contributed by atoms with van der Waals surface area (Å²) in [6.45, 7) is 2.75. The molecule has 0 N–H and O–H groups in total. The Kier molecular flexibility index (Phi) is 1.92. The van der Waals surface area contributed by atoms with Crippen LogP contribution in [0.1, 0.15) is 18.5 Å². The van der Waals surface area contributed by atoms with Gasteiger partial charge in [0.2, 0.25) is 5.91 Å². The van der Waals surface area contributed by atoms with Crippen molar-refractivity contribution in [3.05, 3.63) is 24.3 Å². The van der Waals surface area contributed by atoms with Gasteiger partial charge in [-0.05, 0) is 13.3 Å². The number of amides is 1. The summed E-state index contributed by atoms with van der Waals surface area (Å²) in [6, 6.07) is 0. The highest BCUT2D eigenvalue weighted by Crippen LogP contribution is 2.19. The summed E-state index contributed by atoms with van der Waals surface area (Å²) in [6.07, 6.45) is 6.92. The molecule has 3 heterocycles.